The molecular weight excluding hydrogens is 297 g/mol. The highest BCUT2D eigenvalue weighted by atomic mass is 19.3. The Morgan fingerprint density at radius 3 is 2.32 bits per heavy atom. The number of carbonyl (C=O) groups excluding carboxylic acids is 1. The third kappa shape index (κ3) is 6.40. The third-order valence-electron chi connectivity index (χ3n) is 2.48. The van der Waals surface area contributed by atoms with E-state index in [-0.39, 0.29) is 12.2 Å². The molecule has 1 rings (SSSR count). The number of alkyl carbamates (subject to hydrolysis) is 1. The molecule has 1 aromatic rings. The molecule has 0 saturated carbocycles. The zero-order valence-electron chi connectivity index (χ0n) is 12.5. The van der Waals surface area contributed by atoms with Gasteiger partial charge in [0.15, 0.2) is 5.75 Å². The summed E-state index contributed by atoms with van der Waals surface area (Å²) in [6.07, 6.45) is -0.781. The molecule has 8 heteroatoms. The maximum absolute atomic E-state index is 11.6. The van der Waals surface area contributed by atoms with Crippen molar-refractivity contribution >= 4 is 12.1 Å². The molecule has 0 aliphatic rings. The lowest BCUT2D eigenvalue weighted by molar-refractivity contribution is -0.367. The first-order valence-corrected chi connectivity index (χ1v) is 6.48. The van der Waals surface area contributed by atoms with Crippen LogP contribution in [0.25, 0.3) is 0 Å². The molecule has 0 unspecified atom stereocenters. The number of amides is 1. The highest BCUT2D eigenvalue weighted by Crippen LogP contribution is 2.14. The first-order valence-electron chi connectivity index (χ1n) is 6.48. The van der Waals surface area contributed by atoms with Crippen molar-refractivity contribution in [2.45, 2.75) is 38.8 Å². The van der Waals surface area contributed by atoms with Crippen molar-refractivity contribution in [3.8, 4) is 5.75 Å². The molecule has 1 amide bonds. The predicted octanol–water partition coefficient (Wildman–Crippen LogP) is 2.40. The van der Waals surface area contributed by atoms with E-state index in [9.17, 15) is 14.1 Å². The Bertz CT molecular complexity index is 511. The van der Waals surface area contributed by atoms with Crippen LogP contribution in [0.3, 0.4) is 0 Å². The lowest BCUT2D eigenvalue weighted by Gasteiger charge is -2.22. The number of rotatable bonds is 6. The lowest BCUT2D eigenvalue weighted by Crippen LogP contribution is -2.44. The van der Waals surface area contributed by atoms with Gasteiger partial charge in [0, 0.05) is 11.5 Å². The normalized spacial score (nSPS) is 12.4. The van der Waals surface area contributed by atoms with E-state index in [0.717, 1.165) is 0 Å². The third-order valence-corrected chi connectivity index (χ3v) is 2.48. The number of ether oxygens (including phenoxy) is 1. The molecule has 0 fully saturated rings. The summed E-state index contributed by atoms with van der Waals surface area (Å²) in [7, 11) is 0. The van der Waals surface area contributed by atoms with Crippen LogP contribution in [-0.2, 0) is 21.0 Å². The minimum Gasteiger partial charge on any atom is -0.480 e. The van der Waals surface area contributed by atoms with E-state index in [0.29, 0.717) is 5.56 Å². The molecule has 0 heterocycles. The summed E-state index contributed by atoms with van der Waals surface area (Å²) in [5, 5.41) is 14.5. The molecule has 2 N–H and O–H groups in total. The average molecular weight is 315 g/mol. The van der Waals surface area contributed by atoms with Gasteiger partial charge in [0.2, 0.25) is 0 Å². The molecule has 0 bridgehead atoms. The first kappa shape index (κ1) is 17.7. The molecule has 122 valence electrons. The number of nitrogens with one attached hydrogen (secondary N) is 1. The number of carbonyl (C=O) groups is 2. The zero-order valence-corrected chi connectivity index (χ0v) is 12.5. The second-order valence-electron chi connectivity index (χ2n) is 5.53. The van der Waals surface area contributed by atoms with Gasteiger partial charge in [0.25, 0.3) is 0 Å². The van der Waals surface area contributed by atoms with Gasteiger partial charge in [-0.1, -0.05) is 12.1 Å². The Hall–Kier alpha value is -2.35. The van der Waals surface area contributed by atoms with Gasteiger partial charge in [-0.2, -0.15) is 0 Å². The summed E-state index contributed by atoms with van der Waals surface area (Å²) in [5.74, 6) is -1.07. The fourth-order valence-electron chi connectivity index (χ4n) is 1.60. The van der Waals surface area contributed by atoms with Crippen LogP contribution in [0.5, 0.6) is 5.75 Å². The minimum atomic E-state index is -1.20. The number of halogens is 1. The minimum absolute atomic E-state index is 0.0331. The van der Waals surface area contributed by atoms with Crippen molar-refractivity contribution in [1.29, 1.82) is 0 Å². The van der Waals surface area contributed by atoms with E-state index in [1.54, 1.807) is 20.8 Å². The van der Waals surface area contributed by atoms with Crippen LogP contribution in [0.15, 0.2) is 24.3 Å². The summed E-state index contributed by atoms with van der Waals surface area (Å²) in [4.78, 5) is 27.0. The number of aliphatic carboxylic acids is 1. The van der Waals surface area contributed by atoms with Crippen molar-refractivity contribution in [2.24, 2.45) is 0 Å². The molecule has 0 saturated heterocycles. The van der Waals surface area contributed by atoms with Gasteiger partial charge in [0.05, 0.1) is 0 Å². The molecule has 1 aromatic carbocycles. The van der Waals surface area contributed by atoms with Gasteiger partial charge in [0.1, 0.15) is 11.6 Å². The van der Waals surface area contributed by atoms with Crippen LogP contribution in [0.4, 0.5) is 9.32 Å². The summed E-state index contributed by atoms with van der Waals surface area (Å²) in [6.45, 7) is 5.02. The second kappa shape index (κ2) is 7.60. The smallest absolute Gasteiger partial charge is 0.408 e. The summed E-state index contributed by atoms with van der Waals surface area (Å²) < 4.78 is 16.5. The standard InChI is InChI=1S/C14H18FNO6/c1-14(2,3)20-13(19)16-11(12(17)18)8-9-4-6-10(7-5-9)21-22-15/h4-7,11H,8H2,1-3H3,(H,16,19)(H,17,18)/t11-/m0/s1. The Morgan fingerprint density at radius 2 is 1.86 bits per heavy atom. The molecule has 1 atom stereocenters. The molecular formula is C14H18FNO6. The van der Waals surface area contributed by atoms with Crippen molar-refractivity contribution < 1.29 is 33.9 Å². The van der Waals surface area contributed by atoms with E-state index >= 15 is 0 Å². The van der Waals surface area contributed by atoms with E-state index in [4.69, 9.17) is 9.84 Å². The number of carboxylic acid groups (broad SMARTS) is 1. The Balaban J connectivity index is 2.68. The SMILES string of the molecule is CC(C)(C)OC(=O)N[C@@H](Cc1ccc(OOF)cc1)C(=O)O. The monoisotopic (exact) mass is 315 g/mol. The number of carboxylic acids is 1. The van der Waals surface area contributed by atoms with Crippen LogP contribution in [-0.4, -0.2) is 28.8 Å². The van der Waals surface area contributed by atoms with Crippen molar-refractivity contribution in [3.05, 3.63) is 29.8 Å². The molecule has 22 heavy (non-hydrogen) atoms. The summed E-state index contributed by atoms with van der Waals surface area (Å²) in [5.41, 5.74) is -0.118. The number of hydrogen-bond donors (Lipinski definition) is 2. The van der Waals surface area contributed by atoms with Crippen molar-refractivity contribution in [1.82, 2.24) is 5.32 Å². The molecule has 0 spiro atoms. The van der Waals surface area contributed by atoms with Crippen LogP contribution >= 0.6 is 0 Å². The van der Waals surface area contributed by atoms with Gasteiger partial charge >= 0.3 is 12.1 Å². The number of benzene rings is 1. The quantitative estimate of drug-likeness (QED) is 0.618. The molecule has 0 radical (unpaired) electrons. The van der Waals surface area contributed by atoms with Gasteiger partial charge in [-0.15, -0.1) is 0 Å². The zero-order chi connectivity index (χ0) is 16.8. The first-order chi connectivity index (χ1) is 10.2. The largest absolute Gasteiger partial charge is 0.480 e. The van der Waals surface area contributed by atoms with Crippen molar-refractivity contribution in [2.75, 3.05) is 0 Å². The van der Waals surface area contributed by atoms with Gasteiger partial charge < -0.3 is 20.0 Å². The summed E-state index contributed by atoms with van der Waals surface area (Å²) >= 11 is 0. The van der Waals surface area contributed by atoms with Crippen LogP contribution < -0.4 is 10.2 Å². The Morgan fingerprint density at radius 1 is 1.27 bits per heavy atom. The lowest BCUT2D eigenvalue weighted by atomic mass is 10.1. The average Bonchev–Trinajstić information content (AvgIpc) is 2.38. The highest BCUT2D eigenvalue weighted by Gasteiger charge is 2.24. The van der Waals surface area contributed by atoms with E-state index in [1.165, 1.54) is 24.3 Å². The molecule has 7 nitrogen and oxygen atoms in total. The maximum Gasteiger partial charge on any atom is 0.408 e. The maximum atomic E-state index is 11.6. The number of hydrogen-bond acceptors (Lipinski definition) is 5. The van der Waals surface area contributed by atoms with Crippen LogP contribution in [0, 0.1) is 0 Å². The van der Waals surface area contributed by atoms with Gasteiger partial charge in [-0.05, 0) is 43.0 Å². The molecule has 0 aliphatic carbocycles. The van der Waals surface area contributed by atoms with E-state index in [2.05, 4.69) is 15.3 Å². The van der Waals surface area contributed by atoms with Gasteiger partial charge in [-0.3, -0.25) is 0 Å². The highest BCUT2D eigenvalue weighted by molar-refractivity contribution is 5.80. The Labute approximate surface area is 126 Å². The van der Waals surface area contributed by atoms with Crippen LogP contribution in [0.2, 0.25) is 0 Å². The van der Waals surface area contributed by atoms with Crippen LogP contribution in [0.1, 0.15) is 26.3 Å². The summed E-state index contributed by atoms with van der Waals surface area (Å²) in [6, 6.07) is 4.71. The fourth-order valence-corrected chi connectivity index (χ4v) is 1.60. The van der Waals surface area contributed by atoms with Gasteiger partial charge in [-0.25, -0.2) is 9.59 Å². The molecule has 0 aliphatic heterocycles. The van der Waals surface area contributed by atoms with Crippen molar-refractivity contribution in [3.63, 3.8) is 0 Å². The fraction of sp³-hybridized carbons (Fsp3) is 0.429. The molecule has 0 aromatic heterocycles. The predicted molar refractivity (Wildman–Crippen MR) is 73.8 cm³/mol. The topological polar surface area (TPSA) is 94.1 Å². The van der Waals surface area contributed by atoms with E-state index in [1.807, 2.05) is 0 Å². The van der Waals surface area contributed by atoms with E-state index < -0.39 is 23.7 Å². The second-order valence-corrected chi connectivity index (χ2v) is 5.53. The Kier molecular flexibility index (Phi) is 6.11.